The molecule has 0 atom stereocenters. The van der Waals surface area contributed by atoms with Crippen molar-refractivity contribution in [3.63, 3.8) is 0 Å². The van der Waals surface area contributed by atoms with Gasteiger partial charge in [0.15, 0.2) is 5.78 Å². The molecular formula is C11H18O. The summed E-state index contributed by atoms with van der Waals surface area (Å²) in [6.45, 7) is 9.51. The highest BCUT2D eigenvalue weighted by atomic mass is 16.1. The molecule has 0 aliphatic carbocycles. The van der Waals surface area contributed by atoms with E-state index in [2.05, 4.69) is 20.4 Å². The molecule has 0 spiro atoms. The third-order valence-electron chi connectivity index (χ3n) is 1.65. The van der Waals surface area contributed by atoms with Crippen molar-refractivity contribution in [2.24, 2.45) is 5.92 Å². The normalized spacial score (nSPS) is 11.8. The number of allylic oxidation sites excluding steroid dienone is 3. The molecule has 0 radical (unpaired) electrons. The van der Waals surface area contributed by atoms with Crippen LogP contribution in [0.25, 0.3) is 0 Å². The van der Waals surface area contributed by atoms with Crippen molar-refractivity contribution in [2.75, 3.05) is 0 Å². The summed E-state index contributed by atoms with van der Waals surface area (Å²) < 4.78 is 0. The van der Waals surface area contributed by atoms with Gasteiger partial charge in [-0.25, -0.2) is 0 Å². The minimum Gasteiger partial charge on any atom is -0.295 e. The first-order valence-corrected chi connectivity index (χ1v) is 4.38. The second-order valence-electron chi connectivity index (χ2n) is 3.41. The lowest BCUT2D eigenvalue weighted by Gasteiger charge is -2.01. The molecule has 0 N–H and O–H groups in total. The van der Waals surface area contributed by atoms with Gasteiger partial charge in [-0.2, -0.15) is 0 Å². The third kappa shape index (κ3) is 4.89. The van der Waals surface area contributed by atoms with Gasteiger partial charge in [0.25, 0.3) is 0 Å². The second kappa shape index (κ2) is 5.76. The molecule has 0 aliphatic rings. The van der Waals surface area contributed by atoms with E-state index in [0.717, 1.165) is 12.0 Å². The first kappa shape index (κ1) is 11.2. The molecule has 68 valence electrons. The van der Waals surface area contributed by atoms with E-state index in [1.807, 2.05) is 6.08 Å². The molecule has 0 unspecified atom stereocenters. The molecule has 0 fully saturated rings. The average Bonchev–Trinajstić information content (AvgIpc) is 1.96. The van der Waals surface area contributed by atoms with Gasteiger partial charge in [0.1, 0.15) is 0 Å². The lowest BCUT2D eigenvalue weighted by molar-refractivity contribution is -0.113. The Balaban J connectivity index is 4.17. The molecule has 0 aromatic heterocycles. The van der Waals surface area contributed by atoms with Gasteiger partial charge in [0.05, 0.1) is 0 Å². The van der Waals surface area contributed by atoms with Crippen LogP contribution < -0.4 is 0 Å². The molecule has 0 aliphatic heterocycles. The van der Waals surface area contributed by atoms with E-state index < -0.39 is 0 Å². The number of hydrogen-bond donors (Lipinski definition) is 0. The summed E-state index contributed by atoms with van der Waals surface area (Å²) in [6, 6.07) is 0. The predicted molar refractivity (Wildman–Crippen MR) is 53.0 cm³/mol. The third-order valence-corrected chi connectivity index (χ3v) is 1.65. The minimum absolute atomic E-state index is 0.163. The van der Waals surface area contributed by atoms with Gasteiger partial charge < -0.3 is 0 Å². The average molecular weight is 166 g/mol. The van der Waals surface area contributed by atoms with Gasteiger partial charge in [0, 0.05) is 0 Å². The van der Waals surface area contributed by atoms with Crippen LogP contribution in [-0.4, -0.2) is 5.78 Å². The van der Waals surface area contributed by atoms with E-state index in [-0.39, 0.29) is 5.78 Å². The Labute approximate surface area is 75.2 Å². The molecule has 0 bridgehead atoms. The van der Waals surface area contributed by atoms with Gasteiger partial charge in [-0.15, -0.1) is 6.58 Å². The largest absolute Gasteiger partial charge is 0.295 e. The molecule has 0 amide bonds. The van der Waals surface area contributed by atoms with Crippen LogP contribution in [0.5, 0.6) is 0 Å². The fraction of sp³-hybridized carbons (Fsp3) is 0.545. The number of ketones is 1. The zero-order chi connectivity index (χ0) is 9.56. The fourth-order valence-corrected chi connectivity index (χ4v) is 0.904. The van der Waals surface area contributed by atoms with Crippen LogP contribution in [0.2, 0.25) is 0 Å². The van der Waals surface area contributed by atoms with Crippen molar-refractivity contribution < 1.29 is 4.79 Å². The zero-order valence-electron chi connectivity index (χ0n) is 8.26. The lowest BCUT2D eigenvalue weighted by Crippen LogP contribution is -1.96. The summed E-state index contributed by atoms with van der Waals surface area (Å²) in [5.74, 6) is 0.778. The molecule has 1 nitrogen and oxygen atoms in total. The number of Topliss-reactive ketones (excluding diaryl/α,β-unsaturated/α-hetero) is 1. The molecule has 1 heteroatoms. The molecule has 0 aromatic rings. The molecule has 0 saturated carbocycles. The summed E-state index contributed by atoms with van der Waals surface area (Å²) >= 11 is 0. The Morgan fingerprint density at radius 1 is 1.50 bits per heavy atom. The maximum Gasteiger partial charge on any atom is 0.155 e. The predicted octanol–water partition coefficient (Wildman–Crippen LogP) is 3.12. The van der Waals surface area contributed by atoms with Crippen LogP contribution in [0.1, 0.15) is 33.6 Å². The number of carbonyl (C=O) groups excluding carboxylic acids is 1. The van der Waals surface area contributed by atoms with E-state index in [1.54, 1.807) is 13.0 Å². The molecule has 0 saturated heterocycles. The van der Waals surface area contributed by atoms with E-state index in [4.69, 9.17) is 0 Å². The number of carbonyl (C=O) groups is 1. The molecule has 0 heterocycles. The van der Waals surface area contributed by atoms with Crippen molar-refractivity contribution in [2.45, 2.75) is 33.6 Å². The standard InChI is InChI=1S/C11H18O/c1-5-6-11(10(4)12)8-7-9(2)3/h5,8-9H,1,6-7H2,2-4H3. The SMILES string of the molecule is C=CCC(=CCC(C)C)C(C)=O. The van der Waals surface area contributed by atoms with Crippen molar-refractivity contribution in [1.29, 1.82) is 0 Å². The van der Waals surface area contributed by atoms with Crippen molar-refractivity contribution in [1.82, 2.24) is 0 Å². The first-order valence-electron chi connectivity index (χ1n) is 4.38. The molecular weight excluding hydrogens is 148 g/mol. The quantitative estimate of drug-likeness (QED) is 0.453. The van der Waals surface area contributed by atoms with Crippen LogP contribution in [0.3, 0.4) is 0 Å². The first-order chi connectivity index (χ1) is 5.57. The van der Waals surface area contributed by atoms with E-state index in [9.17, 15) is 4.79 Å². The minimum atomic E-state index is 0.163. The Morgan fingerprint density at radius 2 is 2.08 bits per heavy atom. The summed E-state index contributed by atoms with van der Waals surface area (Å²) in [5.41, 5.74) is 0.888. The van der Waals surface area contributed by atoms with Crippen molar-refractivity contribution in [3.05, 3.63) is 24.3 Å². The van der Waals surface area contributed by atoms with Crippen LogP contribution in [0, 0.1) is 5.92 Å². The van der Waals surface area contributed by atoms with Gasteiger partial charge in [-0.05, 0) is 31.3 Å². The lowest BCUT2D eigenvalue weighted by atomic mass is 10.0. The van der Waals surface area contributed by atoms with Gasteiger partial charge >= 0.3 is 0 Å². The monoisotopic (exact) mass is 166 g/mol. The Morgan fingerprint density at radius 3 is 2.42 bits per heavy atom. The summed E-state index contributed by atoms with van der Waals surface area (Å²) in [5, 5.41) is 0. The summed E-state index contributed by atoms with van der Waals surface area (Å²) in [7, 11) is 0. The van der Waals surface area contributed by atoms with Crippen LogP contribution in [-0.2, 0) is 4.79 Å². The topological polar surface area (TPSA) is 17.1 Å². The smallest absolute Gasteiger partial charge is 0.155 e. The van der Waals surface area contributed by atoms with E-state index in [1.165, 1.54) is 0 Å². The van der Waals surface area contributed by atoms with Crippen LogP contribution >= 0.6 is 0 Å². The van der Waals surface area contributed by atoms with Crippen LogP contribution in [0.4, 0.5) is 0 Å². The van der Waals surface area contributed by atoms with Gasteiger partial charge in [-0.3, -0.25) is 4.79 Å². The van der Waals surface area contributed by atoms with Gasteiger partial charge in [-0.1, -0.05) is 26.0 Å². The van der Waals surface area contributed by atoms with Gasteiger partial charge in [0.2, 0.25) is 0 Å². The highest BCUT2D eigenvalue weighted by Gasteiger charge is 2.00. The Bertz CT molecular complexity index is 187. The Kier molecular flexibility index (Phi) is 5.35. The van der Waals surface area contributed by atoms with E-state index in [0.29, 0.717) is 12.3 Å². The summed E-state index contributed by atoms with van der Waals surface area (Å²) in [4.78, 5) is 11.0. The fourth-order valence-electron chi connectivity index (χ4n) is 0.904. The zero-order valence-corrected chi connectivity index (χ0v) is 8.26. The second-order valence-corrected chi connectivity index (χ2v) is 3.41. The maximum absolute atomic E-state index is 11.0. The highest BCUT2D eigenvalue weighted by Crippen LogP contribution is 2.09. The number of rotatable bonds is 5. The van der Waals surface area contributed by atoms with Crippen LogP contribution in [0.15, 0.2) is 24.3 Å². The maximum atomic E-state index is 11.0. The van der Waals surface area contributed by atoms with E-state index >= 15 is 0 Å². The molecule has 12 heavy (non-hydrogen) atoms. The molecule has 0 aromatic carbocycles. The highest BCUT2D eigenvalue weighted by molar-refractivity contribution is 5.93. The van der Waals surface area contributed by atoms with Crippen molar-refractivity contribution in [3.8, 4) is 0 Å². The van der Waals surface area contributed by atoms with Crippen molar-refractivity contribution >= 4 is 5.78 Å². The molecule has 0 rings (SSSR count). The number of hydrogen-bond acceptors (Lipinski definition) is 1. The summed E-state index contributed by atoms with van der Waals surface area (Å²) in [6.07, 6.45) is 5.47. The Hall–Kier alpha value is -0.850.